The molecule has 8 heteroatoms. The number of ether oxygens (including phenoxy) is 1. The fourth-order valence-corrected chi connectivity index (χ4v) is 3.58. The van der Waals surface area contributed by atoms with E-state index in [1.807, 2.05) is 31.2 Å². The van der Waals surface area contributed by atoms with Gasteiger partial charge in [-0.2, -0.15) is 0 Å². The molecule has 6 nitrogen and oxygen atoms in total. The first-order valence-electron chi connectivity index (χ1n) is 8.89. The molecule has 3 unspecified atom stereocenters. The number of nitrogens with one attached hydrogen (secondary N) is 3. The summed E-state index contributed by atoms with van der Waals surface area (Å²) in [5.41, 5.74) is 0.793. The number of hydrogen-bond donors (Lipinski definition) is 3. The molecule has 2 aliphatic heterocycles. The third kappa shape index (κ3) is 6.09. The fraction of sp³-hybridized carbons (Fsp3) is 0.556. The Kier molecular flexibility index (Phi) is 8.62. The lowest BCUT2D eigenvalue weighted by Gasteiger charge is -2.22. The third-order valence-electron chi connectivity index (χ3n) is 4.51. The lowest BCUT2D eigenvalue weighted by atomic mass is 9.96. The molecule has 3 atom stereocenters. The molecule has 1 amide bonds. The van der Waals surface area contributed by atoms with E-state index in [4.69, 9.17) is 4.74 Å². The van der Waals surface area contributed by atoms with E-state index in [2.05, 4.69) is 36.9 Å². The Morgan fingerprint density at radius 2 is 2.08 bits per heavy atom. The van der Waals surface area contributed by atoms with Crippen LogP contribution < -0.4 is 16.0 Å². The summed E-state index contributed by atoms with van der Waals surface area (Å²) in [6, 6.07) is 7.86. The van der Waals surface area contributed by atoms with Crippen LogP contribution in [0.5, 0.6) is 0 Å². The highest BCUT2D eigenvalue weighted by Crippen LogP contribution is 2.34. The summed E-state index contributed by atoms with van der Waals surface area (Å²) in [5, 5.41) is 9.58. The molecule has 3 N–H and O–H groups in total. The summed E-state index contributed by atoms with van der Waals surface area (Å²) in [6.45, 7) is 3.27. The molecule has 2 fully saturated rings. The summed E-state index contributed by atoms with van der Waals surface area (Å²) in [6.07, 6.45) is 4.39. The quantitative estimate of drug-likeness (QED) is 0.296. The van der Waals surface area contributed by atoms with Crippen LogP contribution in [-0.4, -0.2) is 43.2 Å². The first kappa shape index (κ1) is 21.4. The van der Waals surface area contributed by atoms with E-state index in [0.29, 0.717) is 31.2 Å². The Bertz CT molecular complexity index is 626. The van der Waals surface area contributed by atoms with Gasteiger partial charge in [0.2, 0.25) is 5.91 Å². The number of fused-ring (bicyclic) bond motifs is 2. The van der Waals surface area contributed by atoms with Gasteiger partial charge < -0.3 is 20.7 Å². The minimum Gasteiger partial charge on any atom is -0.373 e. The number of nitrogens with zero attached hydrogens (tertiary/aromatic N) is 1. The second-order valence-electron chi connectivity index (χ2n) is 6.43. The van der Waals surface area contributed by atoms with E-state index < -0.39 is 0 Å². The molecule has 2 heterocycles. The van der Waals surface area contributed by atoms with Gasteiger partial charge in [-0.15, -0.1) is 24.0 Å². The first-order valence-corrected chi connectivity index (χ1v) is 9.69. The number of carbonyl (C=O) groups is 1. The zero-order valence-electron chi connectivity index (χ0n) is 14.8. The maximum Gasteiger partial charge on any atom is 0.226 e. The van der Waals surface area contributed by atoms with Crippen molar-refractivity contribution >= 4 is 57.5 Å². The first-order chi connectivity index (χ1) is 12.1. The number of carbonyl (C=O) groups excluding carboxylic acids is 1. The lowest BCUT2D eigenvalue weighted by molar-refractivity contribution is -0.116. The Balaban J connectivity index is 0.00000243. The van der Waals surface area contributed by atoms with Gasteiger partial charge in [-0.25, -0.2) is 0 Å². The van der Waals surface area contributed by atoms with Crippen LogP contribution in [0.2, 0.25) is 0 Å². The number of halogens is 2. The molecule has 0 aromatic heterocycles. The van der Waals surface area contributed by atoms with Gasteiger partial charge in [0, 0.05) is 23.1 Å². The van der Waals surface area contributed by atoms with Gasteiger partial charge in [0.25, 0.3) is 0 Å². The third-order valence-corrected chi connectivity index (χ3v) is 5.04. The van der Waals surface area contributed by atoms with Crippen LogP contribution in [0.1, 0.15) is 32.6 Å². The average molecular weight is 537 g/mol. The highest BCUT2D eigenvalue weighted by atomic mass is 127. The van der Waals surface area contributed by atoms with Gasteiger partial charge in [0.15, 0.2) is 5.96 Å². The van der Waals surface area contributed by atoms with Crippen LogP contribution in [0.3, 0.4) is 0 Å². The second-order valence-corrected chi connectivity index (χ2v) is 7.34. The summed E-state index contributed by atoms with van der Waals surface area (Å²) in [5.74, 6) is 0.727. The Hall–Kier alpha value is -0.870. The van der Waals surface area contributed by atoms with Crippen LogP contribution in [-0.2, 0) is 9.53 Å². The van der Waals surface area contributed by atoms with Crippen LogP contribution in [0.25, 0.3) is 0 Å². The van der Waals surface area contributed by atoms with Crippen molar-refractivity contribution in [3.8, 4) is 0 Å². The maximum absolute atomic E-state index is 12.0. The van der Waals surface area contributed by atoms with Crippen LogP contribution >= 0.6 is 39.9 Å². The largest absolute Gasteiger partial charge is 0.373 e. The summed E-state index contributed by atoms with van der Waals surface area (Å²) < 4.78 is 6.86. The molecule has 2 bridgehead atoms. The molecule has 0 aliphatic carbocycles. The number of rotatable bonds is 6. The van der Waals surface area contributed by atoms with Crippen LogP contribution in [0, 0.1) is 0 Å². The van der Waals surface area contributed by atoms with E-state index in [1.54, 1.807) is 0 Å². The molecule has 0 radical (unpaired) electrons. The van der Waals surface area contributed by atoms with Crippen molar-refractivity contribution in [1.82, 2.24) is 10.6 Å². The normalized spacial score (nSPS) is 24.1. The highest BCUT2D eigenvalue weighted by molar-refractivity contribution is 14.0. The molecule has 3 rings (SSSR count). The highest BCUT2D eigenvalue weighted by Gasteiger charge is 2.41. The van der Waals surface area contributed by atoms with Crippen molar-refractivity contribution in [3.05, 3.63) is 28.7 Å². The smallest absolute Gasteiger partial charge is 0.226 e. The summed E-state index contributed by atoms with van der Waals surface area (Å²) >= 11 is 3.38. The van der Waals surface area contributed by atoms with E-state index in [1.165, 1.54) is 6.42 Å². The van der Waals surface area contributed by atoms with Gasteiger partial charge in [0.1, 0.15) is 0 Å². The molecule has 1 aromatic rings. The topological polar surface area (TPSA) is 74.8 Å². The monoisotopic (exact) mass is 536 g/mol. The second kappa shape index (κ2) is 10.5. The number of hydrogen-bond acceptors (Lipinski definition) is 3. The Morgan fingerprint density at radius 3 is 2.69 bits per heavy atom. The van der Waals surface area contributed by atoms with Crippen molar-refractivity contribution in [2.24, 2.45) is 4.99 Å². The molecular weight excluding hydrogens is 511 g/mol. The van der Waals surface area contributed by atoms with Gasteiger partial charge in [-0.3, -0.25) is 9.79 Å². The van der Waals surface area contributed by atoms with Crippen LogP contribution in [0.4, 0.5) is 5.69 Å². The number of guanidine groups is 1. The van der Waals surface area contributed by atoms with Gasteiger partial charge >= 0.3 is 0 Å². The SMILES string of the molecule is CCNC(=NCCC(=O)Nc1ccc(Br)cc1)NC1CC2CCC1O2.I. The number of anilines is 1. The van der Waals surface area contributed by atoms with E-state index in [-0.39, 0.29) is 29.9 Å². The predicted molar refractivity (Wildman–Crippen MR) is 118 cm³/mol. The van der Waals surface area contributed by atoms with Crippen LogP contribution in [0.15, 0.2) is 33.7 Å². The number of benzene rings is 1. The van der Waals surface area contributed by atoms with Gasteiger partial charge in [-0.1, -0.05) is 15.9 Å². The van der Waals surface area contributed by atoms with Gasteiger partial charge in [-0.05, 0) is 50.5 Å². The standard InChI is InChI=1S/C18H25BrN4O2.HI/c1-2-20-18(23-15-11-14-7-8-16(15)25-14)21-10-9-17(24)22-13-5-3-12(19)4-6-13;/h3-6,14-16H,2,7-11H2,1H3,(H,22,24)(H2,20,21,23);1H. The van der Waals surface area contributed by atoms with Crippen molar-refractivity contribution < 1.29 is 9.53 Å². The molecule has 0 spiro atoms. The maximum atomic E-state index is 12.0. The molecule has 2 saturated heterocycles. The van der Waals surface area contributed by atoms with Crippen molar-refractivity contribution in [3.63, 3.8) is 0 Å². The average Bonchev–Trinajstić information content (AvgIpc) is 3.20. The fourth-order valence-electron chi connectivity index (χ4n) is 3.31. The van der Waals surface area contributed by atoms with Crippen molar-refractivity contribution in [1.29, 1.82) is 0 Å². The van der Waals surface area contributed by atoms with Crippen molar-refractivity contribution in [2.45, 2.75) is 50.9 Å². The van der Waals surface area contributed by atoms with E-state index in [9.17, 15) is 4.79 Å². The zero-order chi connectivity index (χ0) is 17.6. The minimum absolute atomic E-state index is 0. The van der Waals surface area contributed by atoms with E-state index in [0.717, 1.165) is 35.5 Å². The summed E-state index contributed by atoms with van der Waals surface area (Å²) in [7, 11) is 0. The lowest BCUT2D eigenvalue weighted by Crippen LogP contribution is -2.47. The predicted octanol–water partition coefficient (Wildman–Crippen LogP) is 3.27. The van der Waals surface area contributed by atoms with Gasteiger partial charge in [0.05, 0.1) is 24.8 Å². The molecular formula is C18H26BrIN4O2. The minimum atomic E-state index is -0.0369. The Morgan fingerprint density at radius 1 is 1.31 bits per heavy atom. The Labute approximate surface area is 180 Å². The summed E-state index contributed by atoms with van der Waals surface area (Å²) in [4.78, 5) is 16.6. The molecule has 2 aliphatic rings. The van der Waals surface area contributed by atoms with Crippen molar-refractivity contribution in [2.75, 3.05) is 18.4 Å². The molecule has 1 aromatic carbocycles. The zero-order valence-corrected chi connectivity index (χ0v) is 18.8. The number of amides is 1. The molecule has 144 valence electrons. The molecule has 26 heavy (non-hydrogen) atoms. The molecule has 0 saturated carbocycles. The van der Waals surface area contributed by atoms with E-state index >= 15 is 0 Å². The number of aliphatic imine (C=N–C) groups is 1.